The van der Waals surface area contributed by atoms with Gasteiger partial charge in [-0.1, -0.05) is 12.1 Å². The maximum absolute atomic E-state index is 14.3. The number of rotatable bonds is 7. The number of thiophene rings is 1. The summed E-state index contributed by atoms with van der Waals surface area (Å²) in [6, 6.07) is 9.46. The highest BCUT2D eigenvalue weighted by molar-refractivity contribution is 7.12. The predicted molar refractivity (Wildman–Crippen MR) is 142 cm³/mol. The van der Waals surface area contributed by atoms with Crippen molar-refractivity contribution in [1.29, 1.82) is 0 Å². The molecule has 1 aliphatic heterocycles. The molecule has 1 aliphatic carbocycles. The highest BCUT2D eigenvalue weighted by Gasteiger charge is 2.49. The average Bonchev–Trinajstić information content (AvgIpc) is 3.20. The maximum Gasteiger partial charge on any atom is 0.336 e. The van der Waals surface area contributed by atoms with Crippen LogP contribution in [0.5, 0.6) is 5.75 Å². The highest BCUT2D eigenvalue weighted by Crippen LogP contribution is 2.49. The Labute approximate surface area is 221 Å². The Kier molecular flexibility index (Phi) is 7.87. The number of aryl methyl sites for hydroxylation is 2. The first-order valence-corrected chi connectivity index (χ1v) is 13.3. The lowest BCUT2D eigenvalue weighted by molar-refractivity contribution is -0.152. The van der Waals surface area contributed by atoms with E-state index in [4.69, 9.17) is 14.2 Å². The lowest BCUT2D eigenvalue weighted by atomic mass is 9.67. The van der Waals surface area contributed by atoms with Crippen molar-refractivity contribution >= 4 is 29.1 Å². The van der Waals surface area contributed by atoms with Crippen LogP contribution in [-0.4, -0.2) is 38.0 Å². The van der Waals surface area contributed by atoms with Crippen molar-refractivity contribution in [2.24, 2.45) is 5.92 Å². The van der Waals surface area contributed by atoms with Gasteiger partial charge in [0, 0.05) is 38.6 Å². The number of benzene rings is 1. The Balaban J connectivity index is 1.91. The Bertz CT molecular complexity index is 1300. The minimum Gasteiger partial charge on any atom is -0.497 e. The van der Waals surface area contributed by atoms with Crippen molar-refractivity contribution in [1.82, 2.24) is 5.32 Å². The van der Waals surface area contributed by atoms with E-state index >= 15 is 0 Å². The molecule has 0 unspecified atom stereocenters. The number of hydrogen-bond acceptors (Lipinski definition) is 8. The molecular formula is C29H33NO6S. The number of ketones is 1. The molecule has 4 rings (SSSR count). The van der Waals surface area contributed by atoms with Gasteiger partial charge in [-0.2, -0.15) is 0 Å². The number of methoxy groups -OCH3 is 1. The third-order valence-electron chi connectivity index (χ3n) is 6.97. The third kappa shape index (κ3) is 4.94. The molecule has 0 spiro atoms. The largest absolute Gasteiger partial charge is 0.497 e. The molecular weight excluding hydrogens is 490 g/mol. The van der Waals surface area contributed by atoms with Crippen LogP contribution in [0.3, 0.4) is 0 Å². The third-order valence-corrected chi connectivity index (χ3v) is 7.95. The van der Waals surface area contributed by atoms with E-state index in [0.29, 0.717) is 29.0 Å². The van der Waals surface area contributed by atoms with Crippen LogP contribution in [0.2, 0.25) is 0 Å². The predicted octanol–water partition coefficient (Wildman–Crippen LogP) is 5.09. The molecule has 7 nitrogen and oxygen atoms in total. The number of carbonyl (C=O) groups excluding carboxylic acids is 3. The fourth-order valence-corrected chi connectivity index (χ4v) is 6.41. The van der Waals surface area contributed by atoms with Crippen molar-refractivity contribution < 1.29 is 28.6 Å². The molecule has 2 heterocycles. The molecule has 2 aliphatic rings. The van der Waals surface area contributed by atoms with Crippen LogP contribution in [0, 0.1) is 19.8 Å². The number of nitrogens with one attached hydrogen (secondary N) is 1. The fraction of sp³-hybridized carbons (Fsp3) is 0.414. The Morgan fingerprint density at radius 2 is 1.81 bits per heavy atom. The van der Waals surface area contributed by atoms with Gasteiger partial charge in [0.1, 0.15) is 11.7 Å². The van der Waals surface area contributed by atoms with E-state index in [1.807, 2.05) is 51.1 Å². The molecule has 1 aromatic heterocycles. The van der Waals surface area contributed by atoms with Crippen LogP contribution in [0.1, 0.15) is 59.9 Å². The van der Waals surface area contributed by atoms with Gasteiger partial charge in [-0.15, -0.1) is 11.3 Å². The van der Waals surface area contributed by atoms with E-state index in [1.165, 1.54) is 0 Å². The summed E-state index contributed by atoms with van der Waals surface area (Å²) >= 11 is 1.61. The number of hydrogen-bond donors (Lipinski definition) is 1. The maximum atomic E-state index is 14.3. The van der Waals surface area contributed by atoms with Gasteiger partial charge in [0.25, 0.3) is 0 Å². The highest BCUT2D eigenvalue weighted by atomic mass is 32.1. The summed E-state index contributed by atoms with van der Waals surface area (Å²) < 4.78 is 16.2. The van der Waals surface area contributed by atoms with Crippen LogP contribution >= 0.6 is 11.3 Å². The first-order valence-electron chi connectivity index (χ1n) is 12.5. The summed E-state index contributed by atoms with van der Waals surface area (Å²) in [5, 5.41) is 3.34. The van der Waals surface area contributed by atoms with Gasteiger partial charge in [0.2, 0.25) is 0 Å². The number of ether oxygens (including phenoxy) is 3. The van der Waals surface area contributed by atoms with Crippen LogP contribution < -0.4 is 10.1 Å². The number of carbonyl (C=O) groups is 3. The molecule has 196 valence electrons. The van der Waals surface area contributed by atoms with Gasteiger partial charge >= 0.3 is 11.9 Å². The van der Waals surface area contributed by atoms with Gasteiger partial charge in [0.15, 0.2) is 5.78 Å². The molecule has 2 aromatic rings. The second kappa shape index (κ2) is 10.9. The standard InChI is InChI=1S/C29H33NO6S/c1-7-35-28(32)23-16(4)30-22-14-21(18-10-9-11-19(13-18)34-6)25(29(33)36-8-2)27(31)26(22)24(23)20-12-15(3)37-17(20)5/h9-13,21,24-25,30H,7-8,14H2,1-6H3/t21-,24+,25+/m0/s1. The van der Waals surface area contributed by atoms with Gasteiger partial charge < -0.3 is 19.5 Å². The van der Waals surface area contributed by atoms with Crippen LogP contribution in [-0.2, 0) is 23.9 Å². The number of Topliss-reactive ketones (excluding diaryl/α,β-unsaturated/α-hetero) is 1. The second-order valence-corrected chi connectivity index (χ2v) is 10.7. The summed E-state index contributed by atoms with van der Waals surface area (Å²) in [7, 11) is 1.58. The number of esters is 2. The van der Waals surface area contributed by atoms with E-state index in [0.717, 1.165) is 26.6 Å². The van der Waals surface area contributed by atoms with E-state index < -0.39 is 29.7 Å². The molecule has 37 heavy (non-hydrogen) atoms. The molecule has 1 aromatic carbocycles. The second-order valence-electron chi connectivity index (χ2n) is 9.26. The normalized spacial score (nSPS) is 21.4. The zero-order chi connectivity index (χ0) is 26.9. The molecule has 0 radical (unpaired) electrons. The van der Waals surface area contributed by atoms with Gasteiger partial charge in [-0.25, -0.2) is 4.79 Å². The summed E-state index contributed by atoms with van der Waals surface area (Å²) in [5.74, 6) is -2.84. The van der Waals surface area contributed by atoms with Crippen molar-refractivity contribution in [2.45, 2.75) is 52.9 Å². The van der Waals surface area contributed by atoms with Crippen molar-refractivity contribution in [3.05, 3.63) is 73.8 Å². The molecule has 0 bridgehead atoms. The van der Waals surface area contributed by atoms with Crippen LogP contribution in [0.25, 0.3) is 0 Å². The van der Waals surface area contributed by atoms with E-state index in [1.54, 1.807) is 32.3 Å². The van der Waals surface area contributed by atoms with Gasteiger partial charge in [0.05, 0.1) is 25.9 Å². The Morgan fingerprint density at radius 3 is 2.43 bits per heavy atom. The van der Waals surface area contributed by atoms with Crippen molar-refractivity contribution in [2.75, 3.05) is 20.3 Å². The van der Waals surface area contributed by atoms with E-state index in [2.05, 4.69) is 5.32 Å². The minimum atomic E-state index is -1.04. The Hall–Kier alpha value is -3.39. The molecule has 1 N–H and O–H groups in total. The summed E-state index contributed by atoms with van der Waals surface area (Å²) in [4.78, 5) is 42.9. The topological polar surface area (TPSA) is 90.9 Å². The summed E-state index contributed by atoms with van der Waals surface area (Å²) in [6.07, 6.45) is 0.407. The number of allylic oxidation sites excluding steroid dienone is 3. The smallest absolute Gasteiger partial charge is 0.336 e. The lowest BCUT2D eigenvalue weighted by Crippen LogP contribution is -2.43. The van der Waals surface area contributed by atoms with Crippen LogP contribution in [0.15, 0.2) is 52.9 Å². The SMILES string of the molecule is CCOC(=O)C1=C(C)NC2=C(C(=O)[C@H](C(=O)OCC)[C@H](c3cccc(OC)c3)C2)[C@@H]1c1cc(C)sc1C. The molecule has 0 amide bonds. The van der Waals surface area contributed by atoms with Gasteiger partial charge in [-0.05, 0) is 70.4 Å². The molecule has 0 saturated heterocycles. The zero-order valence-corrected chi connectivity index (χ0v) is 22.9. The van der Waals surface area contributed by atoms with E-state index in [-0.39, 0.29) is 19.0 Å². The van der Waals surface area contributed by atoms with Crippen LogP contribution in [0.4, 0.5) is 0 Å². The monoisotopic (exact) mass is 523 g/mol. The van der Waals surface area contributed by atoms with Gasteiger partial charge in [-0.3, -0.25) is 9.59 Å². The molecule has 0 saturated carbocycles. The summed E-state index contributed by atoms with van der Waals surface area (Å²) in [6.45, 7) is 9.68. The Morgan fingerprint density at radius 1 is 1.08 bits per heavy atom. The van der Waals surface area contributed by atoms with E-state index in [9.17, 15) is 14.4 Å². The number of dihydropyridines is 1. The summed E-state index contributed by atoms with van der Waals surface area (Å²) in [5.41, 5.74) is 3.91. The molecule has 0 fully saturated rings. The first kappa shape index (κ1) is 26.7. The molecule has 3 atom stereocenters. The van der Waals surface area contributed by atoms with Crippen molar-refractivity contribution in [3.63, 3.8) is 0 Å². The lowest BCUT2D eigenvalue weighted by Gasteiger charge is -2.39. The average molecular weight is 524 g/mol. The minimum absolute atomic E-state index is 0.164. The first-order chi connectivity index (χ1) is 17.7. The quantitative estimate of drug-likeness (QED) is 0.399. The van der Waals surface area contributed by atoms with Crippen molar-refractivity contribution in [3.8, 4) is 5.75 Å². The zero-order valence-electron chi connectivity index (χ0n) is 22.1. The molecule has 8 heteroatoms. The fourth-order valence-electron chi connectivity index (χ4n) is 5.45.